The first-order valence-corrected chi connectivity index (χ1v) is 6.41. The van der Waals surface area contributed by atoms with Crippen LogP contribution in [0, 0.1) is 11.3 Å². The third-order valence-electron chi connectivity index (χ3n) is 2.62. The molecule has 0 aliphatic carbocycles. The van der Waals surface area contributed by atoms with Crippen molar-refractivity contribution in [2.75, 3.05) is 23.9 Å². The second kappa shape index (κ2) is 5.13. The SMILES string of the molecule is COc1cc(C#N)ccc1NC1CCSC1. The van der Waals surface area contributed by atoms with Crippen molar-refractivity contribution in [3.8, 4) is 11.8 Å². The van der Waals surface area contributed by atoms with Crippen LogP contribution in [0.5, 0.6) is 5.75 Å². The third kappa shape index (κ3) is 2.42. The van der Waals surface area contributed by atoms with E-state index in [1.807, 2.05) is 23.9 Å². The maximum Gasteiger partial charge on any atom is 0.143 e. The van der Waals surface area contributed by atoms with Crippen molar-refractivity contribution in [1.29, 1.82) is 5.26 Å². The van der Waals surface area contributed by atoms with E-state index in [-0.39, 0.29) is 0 Å². The monoisotopic (exact) mass is 234 g/mol. The molecule has 1 saturated heterocycles. The molecule has 0 amide bonds. The Morgan fingerprint density at radius 2 is 2.44 bits per heavy atom. The Hall–Kier alpha value is -1.34. The van der Waals surface area contributed by atoms with Crippen LogP contribution in [0.3, 0.4) is 0 Å². The van der Waals surface area contributed by atoms with Crippen LogP contribution in [0.1, 0.15) is 12.0 Å². The summed E-state index contributed by atoms with van der Waals surface area (Å²) >= 11 is 1.97. The Morgan fingerprint density at radius 3 is 3.06 bits per heavy atom. The predicted molar refractivity (Wildman–Crippen MR) is 67.1 cm³/mol. The standard InChI is InChI=1S/C12H14N2OS/c1-15-12-6-9(7-13)2-3-11(12)14-10-4-5-16-8-10/h2-3,6,10,14H,4-5,8H2,1H3. The largest absolute Gasteiger partial charge is 0.495 e. The molecule has 2 rings (SSSR count). The highest BCUT2D eigenvalue weighted by Gasteiger charge is 2.16. The number of hydrogen-bond acceptors (Lipinski definition) is 4. The Balaban J connectivity index is 2.16. The van der Waals surface area contributed by atoms with Gasteiger partial charge in [0.15, 0.2) is 0 Å². The van der Waals surface area contributed by atoms with Crippen LogP contribution < -0.4 is 10.1 Å². The molecule has 1 unspecified atom stereocenters. The summed E-state index contributed by atoms with van der Waals surface area (Å²) in [5, 5.41) is 12.3. The summed E-state index contributed by atoms with van der Waals surface area (Å²) in [7, 11) is 1.63. The average molecular weight is 234 g/mol. The number of nitriles is 1. The van der Waals surface area contributed by atoms with E-state index in [2.05, 4.69) is 11.4 Å². The molecule has 0 bridgehead atoms. The van der Waals surface area contributed by atoms with Crippen LogP contribution in [0.25, 0.3) is 0 Å². The van der Waals surface area contributed by atoms with Crippen molar-refractivity contribution in [1.82, 2.24) is 0 Å². The molecule has 1 aliphatic heterocycles. The van der Waals surface area contributed by atoms with E-state index in [1.165, 1.54) is 12.2 Å². The maximum atomic E-state index is 8.80. The number of hydrogen-bond donors (Lipinski definition) is 1. The lowest BCUT2D eigenvalue weighted by molar-refractivity contribution is 0.416. The number of benzene rings is 1. The zero-order chi connectivity index (χ0) is 11.4. The summed E-state index contributed by atoms with van der Waals surface area (Å²) in [5.41, 5.74) is 1.61. The topological polar surface area (TPSA) is 45.0 Å². The summed E-state index contributed by atoms with van der Waals surface area (Å²) in [5.74, 6) is 3.11. The molecule has 1 aliphatic rings. The van der Waals surface area contributed by atoms with Crippen molar-refractivity contribution in [2.24, 2.45) is 0 Å². The van der Waals surface area contributed by atoms with E-state index in [9.17, 15) is 0 Å². The number of nitrogens with one attached hydrogen (secondary N) is 1. The first kappa shape index (κ1) is 11.2. The smallest absolute Gasteiger partial charge is 0.143 e. The number of thioether (sulfide) groups is 1. The molecule has 0 radical (unpaired) electrons. The van der Waals surface area contributed by atoms with Gasteiger partial charge in [-0.15, -0.1) is 0 Å². The van der Waals surface area contributed by atoms with Gasteiger partial charge in [-0.05, 0) is 24.3 Å². The van der Waals surface area contributed by atoms with Crippen molar-refractivity contribution < 1.29 is 4.74 Å². The fraction of sp³-hybridized carbons (Fsp3) is 0.417. The second-order valence-corrected chi connectivity index (χ2v) is 4.88. The molecule has 1 aromatic carbocycles. The molecule has 0 aromatic heterocycles. The fourth-order valence-electron chi connectivity index (χ4n) is 1.75. The van der Waals surface area contributed by atoms with Gasteiger partial charge < -0.3 is 10.1 Å². The van der Waals surface area contributed by atoms with Gasteiger partial charge in [0.25, 0.3) is 0 Å². The molecular weight excluding hydrogens is 220 g/mol. The lowest BCUT2D eigenvalue weighted by Crippen LogP contribution is -2.18. The number of rotatable bonds is 3. The summed E-state index contributed by atoms with van der Waals surface area (Å²) in [6, 6.07) is 8.13. The molecule has 1 aromatic rings. The summed E-state index contributed by atoms with van der Waals surface area (Å²) in [4.78, 5) is 0. The Morgan fingerprint density at radius 1 is 1.56 bits per heavy atom. The first-order chi connectivity index (χ1) is 7.83. The minimum Gasteiger partial charge on any atom is -0.495 e. The second-order valence-electron chi connectivity index (χ2n) is 3.73. The molecule has 0 spiro atoms. The lowest BCUT2D eigenvalue weighted by Gasteiger charge is -2.15. The van der Waals surface area contributed by atoms with E-state index in [0.29, 0.717) is 11.6 Å². The van der Waals surface area contributed by atoms with Gasteiger partial charge in [-0.25, -0.2) is 0 Å². The predicted octanol–water partition coefficient (Wildman–Crippen LogP) is 2.48. The summed E-state index contributed by atoms with van der Waals surface area (Å²) in [6.45, 7) is 0. The first-order valence-electron chi connectivity index (χ1n) is 5.26. The van der Waals surface area contributed by atoms with Crippen LogP contribution in [0.2, 0.25) is 0 Å². The van der Waals surface area contributed by atoms with E-state index in [4.69, 9.17) is 10.00 Å². The molecular formula is C12H14N2OS. The quantitative estimate of drug-likeness (QED) is 0.872. The highest BCUT2D eigenvalue weighted by molar-refractivity contribution is 7.99. The van der Waals surface area contributed by atoms with Crippen molar-refractivity contribution >= 4 is 17.4 Å². The molecule has 1 fully saturated rings. The lowest BCUT2D eigenvalue weighted by atomic mass is 10.2. The van der Waals surface area contributed by atoms with E-state index < -0.39 is 0 Å². The molecule has 16 heavy (non-hydrogen) atoms. The van der Waals surface area contributed by atoms with Crippen molar-refractivity contribution in [3.63, 3.8) is 0 Å². The number of methoxy groups -OCH3 is 1. The van der Waals surface area contributed by atoms with E-state index in [1.54, 1.807) is 13.2 Å². The summed E-state index contributed by atoms with van der Waals surface area (Å²) < 4.78 is 5.28. The van der Waals surface area contributed by atoms with Gasteiger partial charge in [-0.2, -0.15) is 17.0 Å². The minimum absolute atomic E-state index is 0.520. The molecule has 84 valence electrons. The minimum atomic E-state index is 0.520. The van der Waals surface area contributed by atoms with Gasteiger partial charge in [0.1, 0.15) is 5.75 Å². The summed E-state index contributed by atoms with van der Waals surface area (Å²) in [6.07, 6.45) is 1.19. The molecule has 1 atom stereocenters. The zero-order valence-electron chi connectivity index (χ0n) is 9.19. The van der Waals surface area contributed by atoms with Crippen LogP contribution in [-0.2, 0) is 0 Å². The van der Waals surface area contributed by atoms with Crippen LogP contribution in [0.4, 0.5) is 5.69 Å². The van der Waals surface area contributed by atoms with Crippen LogP contribution >= 0.6 is 11.8 Å². The van der Waals surface area contributed by atoms with Crippen LogP contribution in [-0.4, -0.2) is 24.7 Å². The van der Waals surface area contributed by atoms with Gasteiger partial charge in [-0.1, -0.05) is 0 Å². The highest BCUT2D eigenvalue weighted by atomic mass is 32.2. The molecule has 0 saturated carbocycles. The number of nitrogens with zero attached hydrogens (tertiary/aromatic N) is 1. The average Bonchev–Trinajstić information content (AvgIpc) is 2.82. The van der Waals surface area contributed by atoms with Gasteiger partial charge in [0, 0.05) is 17.9 Å². The van der Waals surface area contributed by atoms with E-state index >= 15 is 0 Å². The van der Waals surface area contributed by atoms with Gasteiger partial charge in [0.2, 0.25) is 0 Å². The fourth-order valence-corrected chi connectivity index (χ4v) is 2.90. The third-order valence-corrected chi connectivity index (χ3v) is 3.78. The molecule has 4 heteroatoms. The number of ether oxygens (including phenoxy) is 1. The highest BCUT2D eigenvalue weighted by Crippen LogP contribution is 2.29. The number of anilines is 1. The van der Waals surface area contributed by atoms with Crippen LogP contribution in [0.15, 0.2) is 18.2 Å². The Bertz CT molecular complexity index is 408. The molecule has 1 heterocycles. The van der Waals surface area contributed by atoms with Gasteiger partial charge >= 0.3 is 0 Å². The normalized spacial score (nSPS) is 19.1. The van der Waals surface area contributed by atoms with E-state index in [0.717, 1.165) is 17.2 Å². The van der Waals surface area contributed by atoms with Crippen molar-refractivity contribution in [3.05, 3.63) is 23.8 Å². The Kier molecular flexibility index (Phi) is 3.58. The molecule has 1 N–H and O–H groups in total. The molecule has 3 nitrogen and oxygen atoms in total. The maximum absolute atomic E-state index is 8.80. The Labute approximate surface area is 99.8 Å². The van der Waals surface area contributed by atoms with Gasteiger partial charge in [0.05, 0.1) is 24.4 Å². The zero-order valence-corrected chi connectivity index (χ0v) is 10.0. The van der Waals surface area contributed by atoms with Gasteiger partial charge in [-0.3, -0.25) is 0 Å². The van der Waals surface area contributed by atoms with Crippen molar-refractivity contribution in [2.45, 2.75) is 12.5 Å².